The number of carboxylic acids is 1. The van der Waals surface area contributed by atoms with Gasteiger partial charge in [0, 0.05) is 11.8 Å². The molecule has 2 aromatic heterocycles. The third-order valence-electron chi connectivity index (χ3n) is 2.46. The zero-order valence-corrected chi connectivity index (χ0v) is 12.7. The van der Waals surface area contributed by atoms with Crippen LogP contribution in [-0.2, 0) is 11.2 Å². The molecule has 0 aliphatic carbocycles. The van der Waals surface area contributed by atoms with Crippen LogP contribution >= 0.6 is 27.3 Å². The number of carbonyl (C=O) groups is 2. The Morgan fingerprint density at radius 1 is 1.50 bits per heavy atom. The molecule has 0 bridgehead atoms. The lowest BCUT2D eigenvalue weighted by Gasteiger charge is -1.99. The van der Waals surface area contributed by atoms with Crippen molar-refractivity contribution in [2.45, 2.75) is 19.3 Å². The van der Waals surface area contributed by atoms with E-state index < -0.39 is 5.97 Å². The molecule has 20 heavy (non-hydrogen) atoms. The van der Waals surface area contributed by atoms with Gasteiger partial charge >= 0.3 is 5.97 Å². The fraction of sp³-hybridized carbons (Fsp3) is 0.250. The highest BCUT2D eigenvalue weighted by Crippen LogP contribution is 2.21. The maximum absolute atomic E-state index is 11.9. The minimum Gasteiger partial charge on any atom is -0.481 e. The first kappa shape index (κ1) is 14.7. The second-order valence-electron chi connectivity index (χ2n) is 3.95. The molecular formula is C12H11BrN2O4S. The molecule has 2 aromatic rings. The molecular weight excluding hydrogens is 348 g/mol. The normalized spacial score (nSPS) is 10.4. The number of hydrogen-bond acceptors (Lipinski definition) is 5. The Hall–Kier alpha value is -1.67. The molecule has 6 nitrogen and oxygen atoms in total. The summed E-state index contributed by atoms with van der Waals surface area (Å²) in [5.74, 6) is -1.13. The summed E-state index contributed by atoms with van der Waals surface area (Å²) in [6, 6.07) is 1.56. The number of aromatic nitrogens is 1. The molecule has 8 heteroatoms. The number of nitrogens with one attached hydrogen (secondary N) is 1. The molecule has 2 N–H and O–H groups in total. The molecule has 106 valence electrons. The molecule has 2 rings (SSSR count). The van der Waals surface area contributed by atoms with Crippen molar-refractivity contribution in [3.63, 3.8) is 0 Å². The van der Waals surface area contributed by atoms with E-state index in [1.54, 1.807) is 6.07 Å². The van der Waals surface area contributed by atoms with Gasteiger partial charge in [-0.2, -0.15) is 0 Å². The van der Waals surface area contributed by atoms with Crippen LogP contribution in [0.4, 0.5) is 5.13 Å². The predicted octanol–water partition coefficient (Wildman–Crippen LogP) is 3.16. The van der Waals surface area contributed by atoms with Crippen LogP contribution in [0.3, 0.4) is 0 Å². The number of aryl methyl sites for hydroxylation is 1. The van der Waals surface area contributed by atoms with E-state index >= 15 is 0 Å². The number of amides is 1. The van der Waals surface area contributed by atoms with Crippen LogP contribution in [-0.4, -0.2) is 22.0 Å². The average molecular weight is 359 g/mol. The van der Waals surface area contributed by atoms with Gasteiger partial charge in [0.1, 0.15) is 0 Å². The number of furan rings is 1. The summed E-state index contributed by atoms with van der Waals surface area (Å²) < 4.78 is 5.36. The van der Waals surface area contributed by atoms with Gasteiger partial charge in [0.25, 0.3) is 5.91 Å². The maximum atomic E-state index is 11.9. The first-order valence-corrected chi connectivity index (χ1v) is 7.44. The van der Waals surface area contributed by atoms with Gasteiger partial charge in [0.2, 0.25) is 0 Å². The highest BCUT2D eigenvalue weighted by Gasteiger charge is 2.14. The van der Waals surface area contributed by atoms with E-state index in [0.29, 0.717) is 28.2 Å². The minimum atomic E-state index is -0.821. The third-order valence-corrected chi connectivity index (χ3v) is 3.88. The van der Waals surface area contributed by atoms with Gasteiger partial charge in [-0.05, 0) is 34.8 Å². The molecule has 0 saturated heterocycles. The number of anilines is 1. The number of carboxylic acid groups (broad SMARTS) is 1. The molecule has 0 radical (unpaired) electrons. The van der Waals surface area contributed by atoms with Crippen LogP contribution < -0.4 is 5.32 Å². The molecule has 0 aromatic carbocycles. The molecule has 0 aliphatic heterocycles. The topological polar surface area (TPSA) is 92.4 Å². The number of aliphatic carboxylic acids is 1. The number of rotatable bonds is 6. The summed E-state index contributed by atoms with van der Waals surface area (Å²) in [7, 11) is 0. The average Bonchev–Trinajstić information content (AvgIpc) is 2.98. The van der Waals surface area contributed by atoms with Gasteiger partial charge in [-0.25, -0.2) is 4.98 Å². The van der Waals surface area contributed by atoms with Gasteiger partial charge in [0.15, 0.2) is 9.80 Å². The number of hydrogen-bond donors (Lipinski definition) is 2. The molecule has 0 aliphatic rings. The van der Waals surface area contributed by atoms with Crippen LogP contribution in [0.5, 0.6) is 0 Å². The van der Waals surface area contributed by atoms with Crippen molar-refractivity contribution in [2.24, 2.45) is 0 Å². The Morgan fingerprint density at radius 3 is 2.95 bits per heavy atom. The Labute approximate surface area is 127 Å². The fourth-order valence-corrected chi connectivity index (χ4v) is 2.68. The Bertz CT molecular complexity index is 623. The van der Waals surface area contributed by atoms with E-state index in [1.165, 1.54) is 17.6 Å². The van der Waals surface area contributed by atoms with Crippen molar-refractivity contribution in [3.8, 4) is 0 Å². The molecule has 0 atom stereocenters. The second-order valence-corrected chi connectivity index (χ2v) is 5.53. The molecule has 2 heterocycles. The van der Waals surface area contributed by atoms with Crippen molar-refractivity contribution >= 4 is 44.3 Å². The quantitative estimate of drug-likeness (QED) is 0.827. The lowest BCUT2D eigenvalue weighted by molar-refractivity contribution is -0.137. The van der Waals surface area contributed by atoms with Crippen molar-refractivity contribution in [3.05, 3.63) is 33.6 Å². The lowest BCUT2D eigenvalue weighted by Crippen LogP contribution is -2.11. The largest absolute Gasteiger partial charge is 0.481 e. The van der Waals surface area contributed by atoms with E-state index in [4.69, 9.17) is 9.52 Å². The molecule has 0 unspecified atom stereocenters. The molecule has 0 spiro atoms. The van der Waals surface area contributed by atoms with Crippen LogP contribution in [0.25, 0.3) is 0 Å². The SMILES string of the molecule is O=C(O)CCCc1csc(NC(=O)c2ccoc2Br)n1. The molecule has 0 saturated carbocycles. The van der Waals surface area contributed by atoms with E-state index in [-0.39, 0.29) is 12.3 Å². The second kappa shape index (κ2) is 6.67. The zero-order chi connectivity index (χ0) is 14.5. The van der Waals surface area contributed by atoms with E-state index in [0.717, 1.165) is 5.69 Å². The van der Waals surface area contributed by atoms with Crippen LogP contribution in [0, 0.1) is 0 Å². The zero-order valence-electron chi connectivity index (χ0n) is 10.3. The highest BCUT2D eigenvalue weighted by atomic mass is 79.9. The maximum Gasteiger partial charge on any atom is 0.303 e. The Morgan fingerprint density at radius 2 is 2.30 bits per heavy atom. The number of thiazole rings is 1. The predicted molar refractivity (Wildman–Crippen MR) is 77.0 cm³/mol. The number of halogens is 1. The standard InChI is InChI=1S/C12H11BrN2O4S/c13-10-8(4-5-19-10)11(18)15-12-14-7(6-20-12)2-1-3-9(16)17/h4-6H,1-3H2,(H,16,17)(H,14,15,18). The van der Waals surface area contributed by atoms with Crippen LogP contribution in [0.1, 0.15) is 28.9 Å². The van der Waals surface area contributed by atoms with Gasteiger partial charge in [-0.3, -0.25) is 14.9 Å². The van der Waals surface area contributed by atoms with Gasteiger partial charge < -0.3 is 9.52 Å². The van der Waals surface area contributed by atoms with Gasteiger partial charge in [-0.1, -0.05) is 0 Å². The monoisotopic (exact) mass is 358 g/mol. The number of nitrogens with zero attached hydrogens (tertiary/aromatic N) is 1. The summed E-state index contributed by atoms with van der Waals surface area (Å²) in [5, 5.41) is 13.5. The van der Waals surface area contributed by atoms with Crippen molar-refractivity contribution in [1.82, 2.24) is 4.98 Å². The summed E-state index contributed by atoms with van der Waals surface area (Å²) in [4.78, 5) is 26.5. The Balaban J connectivity index is 1.91. The summed E-state index contributed by atoms with van der Waals surface area (Å²) in [6.07, 6.45) is 2.63. The summed E-state index contributed by atoms with van der Waals surface area (Å²) in [6.45, 7) is 0. The number of carbonyl (C=O) groups excluding carboxylic acids is 1. The fourth-order valence-electron chi connectivity index (χ4n) is 1.52. The highest BCUT2D eigenvalue weighted by molar-refractivity contribution is 9.10. The van der Waals surface area contributed by atoms with E-state index in [2.05, 4.69) is 26.2 Å². The van der Waals surface area contributed by atoms with Crippen molar-refractivity contribution < 1.29 is 19.1 Å². The van der Waals surface area contributed by atoms with Gasteiger partial charge in [0.05, 0.1) is 17.5 Å². The van der Waals surface area contributed by atoms with Crippen LogP contribution in [0.15, 0.2) is 26.8 Å². The third kappa shape index (κ3) is 3.91. The van der Waals surface area contributed by atoms with Crippen molar-refractivity contribution in [2.75, 3.05) is 5.32 Å². The van der Waals surface area contributed by atoms with Crippen LogP contribution in [0.2, 0.25) is 0 Å². The first-order valence-electron chi connectivity index (χ1n) is 5.77. The van der Waals surface area contributed by atoms with Gasteiger partial charge in [-0.15, -0.1) is 11.3 Å². The van der Waals surface area contributed by atoms with E-state index in [1.807, 2.05) is 5.38 Å². The van der Waals surface area contributed by atoms with E-state index in [9.17, 15) is 9.59 Å². The molecule has 1 amide bonds. The molecule has 0 fully saturated rings. The first-order chi connectivity index (χ1) is 9.56. The Kier molecular flexibility index (Phi) is 4.91. The summed E-state index contributed by atoms with van der Waals surface area (Å²) in [5.41, 5.74) is 1.17. The summed E-state index contributed by atoms with van der Waals surface area (Å²) >= 11 is 4.44. The smallest absolute Gasteiger partial charge is 0.303 e. The lowest BCUT2D eigenvalue weighted by atomic mass is 10.2. The van der Waals surface area contributed by atoms with Crippen molar-refractivity contribution in [1.29, 1.82) is 0 Å². The minimum absolute atomic E-state index is 0.112.